The SMILES string of the molecule is CC(C)(Oc1ccc(C#N)cc1F)c1cccnc1. The highest BCUT2D eigenvalue weighted by atomic mass is 19.1. The Morgan fingerprint density at radius 1 is 1.32 bits per heavy atom. The molecule has 0 saturated carbocycles. The Morgan fingerprint density at radius 3 is 2.68 bits per heavy atom. The maximum Gasteiger partial charge on any atom is 0.166 e. The fourth-order valence-electron chi connectivity index (χ4n) is 1.71. The largest absolute Gasteiger partial charge is 0.480 e. The number of pyridine rings is 1. The van der Waals surface area contributed by atoms with Crippen LogP contribution in [0.15, 0.2) is 42.7 Å². The molecule has 1 heterocycles. The Balaban J connectivity index is 2.28. The van der Waals surface area contributed by atoms with Gasteiger partial charge in [0.25, 0.3) is 0 Å². The van der Waals surface area contributed by atoms with Gasteiger partial charge >= 0.3 is 0 Å². The van der Waals surface area contributed by atoms with Crippen LogP contribution in [0.5, 0.6) is 5.75 Å². The number of nitrogens with zero attached hydrogens (tertiary/aromatic N) is 2. The predicted molar refractivity (Wildman–Crippen MR) is 69.0 cm³/mol. The molecule has 0 N–H and O–H groups in total. The minimum atomic E-state index is -0.705. The normalized spacial score (nSPS) is 10.8. The van der Waals surface area contributed by atoms with Gasteiger partial charge in [-0.15, -0.1) is 0 Å². The van der Waals surface area contributed by atoms with Crippen molar-refractivity contribution in [2.45, 2.75) is 19.4 Å². The van der Waals surface area contributed by atoms with E-state index < -0.39 is 11.4 Å². The molecule has 0 aliphatic rings. The lowest BCUT2D eigenvalue weighted by atomic mass is 10.00. The van der Waals surface area contributed by atoms with Crippen LogP contribution in [0, 0.1) is 17.1 Å². The van der Waals surface area contributed by atoms with Crippen molar-refractivity contribution in [2.75, 3.05) is 0 Å². The summed E-state index contributed by atoms with van der Waals surface area (Å²) in [7, 11) is 0. The van der Waals surface area contributed by atoms with Crippen LogP contribution in [0.3, 0.4) is 0 Å². The average Bonchev–Trinajstić information content (AvgIpc) is 2.42. The van der Waals surface area contributed by atoms with E-state index in [1.807, 2.05) is 26.0 Å². The van der Waals surface area contributed by atoms with Crippen molar-refractivity contribution >= 4 is 0 Å². The van der Waals surface area contributed by atoms with Gasteiger partial charge < -0.3 is 4.74 Å². The summed E-state index contributed by atoms with van der Waals surface area (Å²) < 4.78 is 19.5. The Morgan fingerprint density at radius 2 is 2.11 bits per heavy atom. The standard InChI is InChI=1S/C15H13FN2O/c1-15(2,12-4-3-7-18-10-12)19-14-6-5-11(9-17)8-13(14)16/h3-8,10H,1-2H3. The molecule has 1 aromatic carbocycles. The number of hydrogen-bond acceptors (Lipinski definition) is 3. The molecule has 0 aliphatic carbocycles. The molecular weight excluding hydrogens is 243 g/mol. The molecule has 4 heteroatoms. The first kappa shape index (κ1) is 13.0. The highest BCUT2D eigenvalue weighted by Crippen LogP contribution is 2.29. The Labute approximate surface area is 111 Å². The van der Waals surface area contributed by atoms with Gasteiger partial charge in [-0.3, -0.25) is 4.98 Å². The fourth-order valence-corrected chi connectivity index (χ4v) is 1.71. The van der Waals surface area contributed by atoms with Gasteiger partial charge in [0.05, 0.1) is 11.6 Å². The first-order chi connectivity index (χ1) is 9.03. The molecule has 0 atom stereocenters. The Kier molecular flexibility index (Phi) is 3.48. The summed E-state index contributed by atoms with van der Waals surface area (Å²) in [6.45, 7) is 3.67. The molecule has 0 spiro atoms. The lowest BCUT2D eigenvalue weighted by molar-refractivity contribution is 0.102. The smallest absolute Gasteiger partial charge is 0.166 e. The van der Waals surface area contributed by atoms with E-state index in [9.17, 15) is 4.39 Å². The number of benzene rings is 1. The molecule has 0 aliphatic heterocycles. The van der Waals surface area contributed by atoms with Gasteiger partial charge in [0.2, 0.25) is 0 Å². The molecule has 0 fully saturated rings. The molecular formula is C15H13FN2O. The van der Waals surface area contributed by atoms with Crippen LogP contribution in [0.25, 0.3) is 0 Å². The molecule has 96 valence electrons. The van der Waals surface area contributed by atoms with E-state index in [0.29, 0.717) is 0 Å². The Hall–Kier alpha value is -2.41. The number of halogens is 1. The van der Waals surface area contributed by atoms with Crippen molar-refractivity contribution < 1.29 is 9.13 Å². The van der Waals surface area contributed by atoms with E-state index in [4.69, 9.17) is 10.00 Å². The van der Waals surface area contributed by atoms with Crippen LogP contribution >= 0.6 is 0 Å². The fraction of sp³-hybridized carbons (Fsp3) is 0.200. The van der Waals surface area contributed by atoms with Crippen LogP contribution in [-0.2, 0) is 5.60 Å². The molecule has 2 aromatic rings. The molecule has 0 amide bonds. The molecule has 0 bridgehead atoms. The predicted octanol–water partition coefficient (Wildman–Crippen LogP) is 3.41. The van der Waals surface area contributed by atoms with E-state index in [2.05, 4.69) is 4.98 Å². The molecule has 19 heavy (non-hydrogen) atoms. The van der Waals surface area contributed by atoms with Gasteiger partial charge in [0.1, 0.15) is 5.60 Å². The zero-order valence-electron chi connectivity index (χ0n) is 10.7. The second-order valence-electron chi connectivity index (χ2n) is 4.61. The van der Waals surface area contributed by atoms with E-state index in [1.54, 1.807) is 18.5 Å². The summed E-state index contributed by atoms with van der Waals surface area (Å²) in [6.07, 6.45) is 3.35. The van der Waals surface area contributed by atoms with E-state index in [0.717, 1.165) is 11.6 Å². The first-order valence-electron chi connectivity index (χ1n) is 5.82. The maximum atomic E-state index is 13.8. The molecule has 0 saturated heterocycles. The van der Waals surface area contributed by atoms with Crippen LogP contribution < -0.4 is 4.74 Å². The van der Waals surface area contributed by atoms with Crippen molar-refractivity contribution in [1.29, 1.82) is 5.26 Å². The van der Waals surface area contributed by atoms with Gasteiger partial charge in [-0.2, -0.15) is 5.26 Å². The summed E-state index contributed by atoms with van der Waals surface area (Å²) in [5.41, 5.74) is 0.409. The second kappa shape index (κ2) is 5.07. The molecule has 2 rings (SSSR count). The third-order valence-corrected chi connectivity index (χ3v) is 2.78. The number of hydrogen-bond donors (Lipinski definition) is 0. The van der Waals surface area contributed by atoms with Gasteiger partial charge in [-0.25, -0.2) is 4.39 Å². The van der Waals surface area contributed by atoms with Crippen molar-refractivity contribution in [2.24, 2.45) is 0 Å². The molecule has 1 aromatic heterocycles. The minimum Gasteiger partial charge on any atom is -0.480 e. The van der Waals surface area contributed by atoms with E-state index in [-0.39, 0.29) is 11.3 Å². The topological polar surface area (TPSA) is 45.9 Å². The summed E-state index contributed by atoms with van der Waals surface area (Å²) in [6, 6.07) is 9.71. The van der Waals surface area contributed by atoms with Gasteiger partial charge in [0.15, 0.2) is 11.6 Å². The number of ether oxygens (including phenoxy) is 1. The molecule has 3 nitrogen and oxygen atoms in total. The third kappa shape index (κ3) is 2.89. The average molecular weight is 256 g/mol. The third-order valence-electron chi connectivity index (χ3n) is 2.78. The quantitative estimate of drug-likeness (QED) is 0.845. The highest BCUT2D eigenvalue weighted by Gasteiger charge is 2.24. The summed E-state index contributed by atoms with van der Waals surface area (Å²) in [5.74, 6) is -0.427. The van der Waals surface area contributed by atoms with E-state index >= 15 is 0 Å². The van der Waals surface area contributed by atoms with Crippen LogP contribution in [0.4, 0.5) is 4.39 Å². The summed E-state index contributed by atoms with van der Waals surface area (Å²) >= 11 is 0. The van der Waals surface area contributed by atoms with Gasteiger partial charge in [-0.05, 0) is 38.1 Å². The van der Waals surface area contributed by atoms with Crippen molar-refractivity contribution in [1.82, 2.24) is 4.98 Å². The molecule has 0 radical (unpaired) electrons. The van der Waals surface area contributed by atoms with E-state index in [1.165, 1.54) is 12.1 Å². The Bertz CT molecular complexity index is 618. The number of rotatable bonds is 3. The van der Waals surface area contributed by atoms with Crippen molar-refractivity contribution in [3.63, 3.8) is 0 Å². The van der Waals surface area contributed by atoms with Crippen LogP contribution in [0.1, 0.15) is 25.0 Å². The van der Waals surface area contributed by atoms with Gasteiger partial charge in [0, 0.05) is 18.0 Å². The van der Waals surface area contributed by atoms with Crippen LogP contribution in [0.2, 0.25) is 0 Å². The summed E-state index contributed by atoms with van der Waals surface area (Å²) in [5, 5.41) is 8.70. The number of aromatic nitrogens is 1. The van der Waals surface area contributed by atoms with Gasteiger partial charge in [-0.1, -0.05) is 6.07 Å². The van der Waals surface area contributed by atoms with Crippen molar-refractivity contribution in [3.05, 3.63) is 59.7 Å². The second-order valence-corrected chi connectivity index (χ2v) is 4.61. The highest BCUT2D eigenvalue weighted by molar-refractivity contribution is 5.36. The van der Waals surface area contributed by atoms with Crippen LogP contribution in [-0.4, -0.2) is 4.98 Å². The maximum absolute atomic E-state index is 13.8. The minimum absolute atomic E-state index is 0.118. The zero-order valence-corrected chi connectivity index (χ0v) is 10.7. The lowest BCUT2D eigenvalue weighted by Gasteiger charge is -2.26. The monoisotopic (exact) mass is 256 g/mol. The number of nitriles is 1. The molecule has 0 unspecified atom stereocenters. The van der Waals surface area contributed by atoms with Crippen molar-refractivity contribution in [3.8, 4) is 11.8 Å². The first-order valence-corrected chi connectivity index (χ1v) is 5.82. The summed E-state index contributed by atoms with van der Waals surface area (Å²) in [4.78, 5) is 4.03. The zero-order chi connectivity index (χ0) is 13.9. The lowest BCUT2D eigenvalue weighted by Crippen LogP contribution is -2.25.